The van der Waals surface area contributed by atoms with Crippen molar-refractivity contribution in [1.29, 1.82) is 0 Å². The molecule has 0 amide bonds. The Labute approximate surface area is 191 Å². The summed E-state index contributed by atoms with van der Waals surface area (Å²) in [6, 6.07) is 5.37. The van der Waals surface area contributed by atoms with Gasteiger partial charge in [0.15, 0.2) is 0 Å². The van der Waals surface area contributed by atoms with E-state index in [9.17, 15) is 18.0 Å². The molecule has 0 aliphatic heterocycles. The van der Waals surface area contributed by atoms with Crippen LogP contribution in [0.25, 0.3) is 10.2 Å². The summed E-state index contributed by atoms with van der Waals surface area (Å²) < 4.78 is 42.3. The number of thiophene rings is 1. The molecule has 33 heavy (non-hydrogen) atoms. The fourth-order valence-electron chi connectivity index (χ4n) is 4.36. The van der Waals surface area contributed by atoms with Crippen molar-refractivity contribution in [3.05, 3.63) is 80.5 Å². The average Bonchev–Trinajstić information content (AvgIpc) is 3.36. The fourth-order valence-corrected chi connectivity index (χ4v) is 5.61. The van der Waals surface area contributed by atoms with Crippen LogP contribution in [0.2, 0.25) is 0 Å². The van der Waals surface area contributed by atoms with Crippen LogP contribution < -0.4 is 10.9 Å². The van der Waals surface area contributed by atoms with Crippen molar-refractivity contribution in [2.24, 2.45) is 7.05 Å². The Bertz CT molecular complexity index is 1370. The molecule has 172 valence electrons. The number of halogens is 3. The summed E-state index contributed by atoms with van der Waals surface area (Å²) in [4.78, 5) is 19.5. The number of fused-ring (bicyclic) bond motifs is 3. The van der Waals surface area contributed by atoms with E-state index in [1.807, 2.05) is 19.4 Å². The second-order valence-electron chi connectivity index (χ2n) is 8.40. The molecule has 0 radical (unpaired) electrons. The molecule has 3 heterocycles. The van der Waals surface area contributed by atoms with E-state index < -0.39 is 11.7 Å². The zero-order valence-electron chi connectivity index (χ0n) is 17.9. The SMILES string of the molecule is Cn1cc(CNC2CCc3c(sc4ncn(Cc5cccc(C(F)(F)F)c5)c(=O)c34)C2)cn1. The maximum Gasteiger partial charge on any atom is 0.416 e. The minimum Gasteiger partial charge on any atom is -0.309 e. The standard InChI is InChI=1S/C23H22F3N5OS/c1-30-11-15(10-29-30)9-27-17-5-6-18-19(8-17)33-21-20(18)22(32)31(13-28-21)12-14-3-2-4-16(7-14)23(24,25)26/h2-4,7,10-11,13,17,27H,5-6,8-9,12H2,1H3. The molecule has 3 aromatic heterocycles. The predicted molar refractivity (Wildman–Crippen MR) is 120 cm³/mol. The van der Waals surface area contributed by atoms with Crippen LogP contribution in [0.4, 0.5) is 13.2 Å². The second-order valence-corrected chi connectivity index (χ2v) is 9.49. The minimum atomic E-state index is -4.42. The molecule has 0 bridgehead atoms. The highest BCUT2D eigenvalue weighted by Gasteiger charge is 2.30. The molecule has 0 fully saturated rings. The van der Waals surface area contributed by atoms with Crippen LogP contribution in [-0.4, -0.2) is 25.4 Å². The van der Waals surface area contributed by atoms with E-state index in [-0.39, 0.29) is 12.1 Å². The Kier molecular flexibility index (Phi) is 5.57. The number of alkyl halides is 3. The van der Waals surface area contributed by atoms with Gasteiger partial charge in [0.05, 0.1) is 30.0 Å². The predicted octanol–water partition coefficient (Wildman–Crippen LogP) is 3.91. The van der Waals surface area contributed by atoms with Crippen molar-refractivity contribution < 1.29 is 13.2 Å². The Morgan fingerprint density at radius 3 is 2.88 bits per heavy atom. The molecule has 4 aromatic rings. The Balaban J connectivity index is 1.37. The highest BCUT2D eigenvalue weighted by Crippen LogP contribution is 2.34. The molecule has 1 aliphatic rings. The molecule has 5 rings (SSSR count). The molecule has 1 aliphatic carbocycles. The van der Waals surface area contributed by atoms with Gasteiger partial charge in [0.25, 0.3) is 5.56 Å². The molecule has 0 spiro atoms. The van der Waals surface area contributed by atoms with Crippen molar-refractivity contribution >= 4 is 21.6 Å². The van der Waals surface area contributed by atoms with Gasteiger partial charge >= 0.3 is 6.18 Å². The second kappa shape index (κ2) is 8.42. The van der Waals surface area contributed by atoms with Gasteiger partial charge in [-0.25, -0.2) is 4.98 Å². The zero-order valence-corrected chi connectivity index (χ0v) is 18.7. The van der Waals surface area contributed by atoms with Crippen molar-refractivity contribution in [2.75, 3.05) is 0 Å². The largest absolute Gasteiger partial charge is 0.416 e. The zero-order chi connectivity index (χ0) is 23.2. The van der Waals surface area contributed by atoms with E-state index in [1.54, 1.807) is 10.7 Å². The van der Waals surface area contributed by atoms with Crippen LogP contribution in [0.5, 0.6) is 0 Å². The third-order valence-electron chi connectivity index (χ3n) is 6.00. The highest BCUT2D eigenvalue weighted by atomic mass is 32.1. The van der Waals surface area contributed by atoms with Gasteiger partial charge in [-0.05, 0) is 42.5 Å². The van der Waals surface area contributed by atoms with E-state index in [0.717, 1.165) is 53.9 Å². The lowest BCUT2D eigenvalue weighted by molar-refractivity contribution is -0.137. The van der Waals surface area contributed by atoms with Crippen molar-refractivity contribution in [2.45, 2.75) is 44.6 Å². The molecule has 1 unspecified atom stereocenters. The summed E-state index contributed by atoms with van der Waals surface area (Å²) in [6.07, 6.45) is 3.34. The Hall–Kier alpha value is -2.98. The molecule has 1 N–H and O–H groups in total. The van der Waals surface area contributed by atoms with Crippen molar-refractivity contribution in [1.82, 2.24) is 24.6 Å². The van der Waals surface area contributed by atoms with Gasteiger partial charge in [-0.3, -0.25) is 14.0 Å². The van der Waals surface area contributed by atoms with Gasteiger partial charge in [0.1, 0.15) is 4.83 Å². The fraction of sp³-hybridized carbons (Fsp3) is 0.348. The summed E-state index contributed by atoms with van der Waals surface area (Å²) >= 11 is 1.53. The van der Waals surface area contributed by atoms with E-state index in [1.165, 1.54) is 28.3 Å². The van der Waals surface area contributed by atoms with Gasteiger partial charge < -0.3 is 5.32 Å². The summed E-state index contributed by atoms with van der Waals surface area (Å²) in [7, 11) is 1.89. The van der Waals surface area contributed by atoms with Gasteiger partial charge in [0.2, 0.25) is 0 Å². The number of hydrogen-bond donors (Lipinski definition) is 1. The van der Waals surface area contributed by atoms with Gasteiger partial charge in [0, 0.05) is 36.3 Å². The van der Waals surface area contributed by atoms with Crippen LogP contribution in [-0.2, 0) is 39.2 Å². The van der Waals surface area contributed by atoms with Crippen LogP contribution in [0, 0.1) is 0 Å². The quantitative estimate of drug-likeness (QED) is 0.478. The van der Waals surface area contributed by atoms with Gasteiger partial charge in [-0.15, -0.1) is 11.3 Å². The summed E-state index contributed by atoms with van der Waals surface area (Å²) in [5.74, 6) is 0. The number of hydrogen-bond acceptors (Lipinski definition) is 5. The number of nitrogens with zero attached hydrogens (tertiary/aromatic N) is 4. The number of rotatable bonds is 5. The van der Waals surface area contributed by atoms with Crippen LogP contribution in [0.1, 0.15) is 33.6 Å². The molecule has 10 heteroatoms. The normalized spacial score (nSPS) is 16.3. The first-order chi connectivity index (χ1) is 15.8. The van der Waals surface area contributed by atoms with Crippen LogP contribution in [0.3, 0.4) is 0 Å². The summed E-state index contributed by atoms with van der Waals surface area (Å²) in [5.41, 5.74) is 1.65. The lowest BCUT2D eigenvalue weighted by Gasteiger charge is -2.23. The first-order valence-electron chi connectivity index (χ1n) is 10.6. The lowest BCUT2D eigenvalue weighted by Crippen LogP contribution is -2.33. The van der Waals surface area contributed by atoms with Gasteiger partial charge in [-0.1, -0.05) is 12.1 Å². The van der Waals surface area contributed by atoms with Gasteiger partial charge in [-0.2, -0.15) is 18.3 Å². The first-order valence-corrected chi connectivity index (χ1v) is 11.5. The molecule has 0 saturated heterocycles. The number of nitrogens with one attached hydrogen (secondary N) is 1. The highest BCUT2D eigenvalue weighted by molar-refractivity contribution is 7.18. The number of aryl methyl sites for hydroxylation is 2. The van der Waals surface area contributed by atoms with E-state index in [4.69, 9.17) is 0 Å². The molecular formula is C23H22F3N5OS. The van der Waals surface area contributed by atoms with Crippen LogP contribution >= 0.6 is 11.3 Å². The number of aromatic nitrogens is 4. The summed E-state index contributed by atoms with van der Waals surface area (Å²) in [5, 5.41) is 8.36. The topological polar surface area (TPSA) is 64.7 Å². The maximum absolute atomic E-state index is 13.2. The average molecular weight is 474 g/mol. The smallest absolute Gasteiger partial charge is 0.309 e. The molecule has 6 nitrogen and oxygen atoms in total. The van der Waals surface area contributed by atoms with E-state index >= 15 is 0 Å². The molecular weight excluding hydrogens is 451 g/mol. The third-order valence-corrected chi connectivity index (χ3v) is 7.16. The number of benzene rings is 1. The first kappa shape index (κ1) is 21.8. The van der Waals surface area contributed by atoms with Crippen LogP contribution in [0.15, 0.2) is 47.8 Å². The minimum absolute atomic E-state index is 0.0472. The molecule has 0 saturated carbocycles. The Morgan fingerprint density at radius 1 is 1.27 bits per heavy atom. The third kappa shape index (κ3) is 4.45. The monoisotopic (exact) mass is 473 g/mol. The van der Waals surface area contributed by atoms with Crippen molar-refractivity contribution in [3.8, 4) is 0 Å². The lowest BCUT2D eigenvalue weighted by atomic mass is 9.93. The summed E-state index contributed by atoms with van der Waals surface area (Å²) in [6.45, 7) is 0.784. The molecule has 1 aromatic carbocycles. The van der Waals surface area contributed by atoms with E-state index in [2.05, 4.69) is 15.4 Å². The molecule has 1 atom stereocenters. The van der Waals surface area contributed by atoms with Crippen molar-refractivity contribution in [3.63, 3.8) is 0 Å². The van der Waals surface area contributed by atoms with E-state index in [0.29, 0.717) is 21.8 Å². The maximum atomic E-state index is 13.2. The Morgan fingerprint density at radius 2 is 2.12 bits per heavy atom.